The summed E-state index contributed by atoms with van der Waals surface area (Å²) < 4.78 is 20.1. The van der Waals surface area contributed by atoms with Gasteiger partial charge in [0.05, 0.1) is 17.8 Å². The quantitative estimate of drug-likeness (QED) is 0.869. The van der Waals surface area contributed by atoms with E-state index in [-0.39, 0.29) is 24.0 Å². The van der Waals surface area contributed by atoms with E-state index in [1.54, 1.807) is 12.1 Å². The van der Waals surface area contributed by atoms with Crippen molar-refractivity contribution in [3.63, 3.8) is 0 Å². The number of nitrogens with zero attached hydrogens (tertiary/aromatic N) is 1. The van der Waals surface area contributed by atoms with E-state index in [2.05, 4.69) is 31.0 Å². The van der Waals surface area contributed by atoms with Gasteiger partial charge in [0.25, 0.3) is 0 Å². The lowest BCUT2D eigenvalue weighted by atomic mass is 10.0. The highest BCUT2D eigenvalue weighted by atomic mass is 19.1. The van der Waals surface area contributed by atoms with Crippen LogP contribution in [0.25, 0.3) is 0 Å². The van der Waals surface area contributed by atoms with Crippen LogP contribution in [0.4, 0.5) is 10.1 Å². The Labute approximate surface area is 127 Å². The van der Waals surface area contributed by atoms with Crippen LogP contribution in [0.2, 0.25) is 0 Å². The molecule has 0 saturated carbocycles. The third kappa shape index (κ3) is 3.55. The summed E-state index contributed by atoms with van der Waals surface area (Å²) in [5.41, 5.74) is 1.72. The van der Waals surface area contributed by atoms with Crippen LogP contribution in [0.5, 0.6) is 0 Å². The summed E-state index contributed by atoms with van der Waals surface area (Å²) in [7, 11) is 1.98. The van der Waals surface area contributed by atoms with E-state index in [1.807, 2.05) is 13.1 Å². The van der Waals surface area contributed by atoms with Crippen molar-refractivity contribution in [3.8, 4) is 0 Å². The van der Waals surface area contributed by atoms with Crippen molar-refractivity contribution < 1.29 is 9.13 Å². The van der Waals surface area contributed by atoms with Crippen molar-refractivity contribution in [3.05, 3.63) is 29.6 Å². The third-order valence-corrected chi connectivity index (χ3v) is 4.37. The number of rotatable bonds is 6. The van der Waals surface area contributed by atoms with Crippen LogP contribution >= 0.6 is 0 Å². The number of benzene rings is 1. The van der Waals surface area contributed by atoms with Gasteiger partial charge in [0.2, 0.25) is 0 Å². The fourth-order valence-corrected chi connectivity index (χ4v) is 3.12. The molecule has 0 amide bonds. The van der Waals surface area contributed by atoms with Gasteiger partial charge in [0, 0.05) is 19.7 Å². The molecular weight excluding hydrogens is 267 g/mol. The van der Waals surface area contributed by atoms with Crippen LogP contribution in [0.3, 0.4) is 0 Å². The Morgan fingerprint density at radius 3 is 2.86 bits per heavy atom. The Hall–Kier alpha value is -1.13. The number of nitrogens with one attached hydrogen (secondary N) is 1. The summed E-state index contributed by atoms with van der Waals surface area (Å²) in [6, 6.07) is 5.72. The average molecular weight is 294 g/mol. The molecule has 3 unspecified atom stereocenters. The topological polar surface area (TPSA) is 24.5 Å². The summed E-state index contributed by atoms with van der Waals surface area (Å²) in [5, 5.41) is 3.45. The maximum absolute atomic E-state index is 14.5. The number of hydrogen-bond donors (Lipinski definition) is 1. The van der Waals surface area contributed by atoms with Gasteiger partial charge < -0.3 is 15.0 Å². The van der Waals surface area contributed by atoms with Gasteiger partial charge in [0.1, 0.15) is 5.82 Å². The Balaban J connectivity index is 2.28. The highest BCUT2D eigenvalue weighted by Crippen LogP contribution is 2.32. The highest BCUT2D eigenvalue weighted by molar-refractivity contribution is 5.56. The summed E-state index contributed by atoms with van der Waals surface area (Å²) in [4.78, 5) is 2.06. The first-order valence-corrected chi connectivity index (χ1v) is 7.92. The second-order valence-electron chi connectivity index (χ2n) is 5.90. The number of anilines is 1. The molecule has 0 aliphatic carbocycles. The first-order valence-electron chi connectivity index (χ1n) is 7.92. The molecule has 4 heteroatoms. The molecule has 0 bridgehead atoms. The predicted octanol–water partition coefficient (Wildman–Crippen LogP) is 3.50. The van der Waals surface area contributed by atoms with E-state index < -0.39 is 0 Å². The van der Waals surface area contributed by atoms with Crippen LogP contribution in [0, 0.1) is 5.82 Å². The predicted molar refractivity (Wildman–Crippen MR) is 85.3 cm³/mol. The Morgan fingerprint density at radius 2 is 2.24 bits per heavy atom. The minimum atomic E-state index is -0.153. The van der Waals surface area contributed by atoms with E-state index in [9.17, 15) is 4.39 Å². The average Bonchev–Trinajstić information content (AvgIpc) is 2.90. The number of hydrogen-bond acceptors (Lipinski definition) is 3. The zero-order valence-electron chi connectivity index (χ0n) is 13.5. The summed E-state index contributed by atoms with van der Waals surface area (Å²) in [5.74, 6) is -0.153. The number of para-hydroxylation sites is 1. The van der Waals surface area contributed by atoms with Crippen molar-refractivity contribution in [1.29, 1.82) is 0 Å². The first-order chi connectivity index (χ1) is 10.1. The van der Waals surface area contributed by atoms with Gasteiger partial charge in [-0.15, -0.1) is 0 Å². The molecule has 21 heavy (non-hydrogen) atoms. The van der Waals surface area contributed by atoms with Crippen LogP contribution in [-0.2, 0) is 4.74 Å². The zero-order chi connectivity index (χ0) is 15.4. The molecule has 0 spiro atoms. The van der Waals surface area contributed by atoms with E-state index >= 15 is 0 Å². The molecule has 1 aliphatic rings. The molecule has 3 nitrogen and oxygen atoms in total. The Bertz CT molecular complexity index is 466. The first kappa shape index (κ1) is 16.2. The molecule has 118 valence electrons. The van der Waals surface area contributed by atoms with Gasteiger partial charge in [-0.05, 0) is 44.9 Å². The molecule has 3 atom stereocenters. The molecule has 1 saturated heterocycles. The Kier molecular flexibility index (Phi) is 5.59. The molecule has 1 aliphatic heterocycles. The maximum atomic E-state index is 14.5. The van der Waals surface area contributed by atoms with Crippen molar-refractivity contribution in [2.75, 3.05) is 25.1 Å². The SMILES string of the molecule is CCCNC(C)c1cccc(F)c1N(C)C1CCOC1C. The van der Waals surface area contributed by atoms with E-state index in [0.717, 1.165) is 31.6 Å². The summed E-state index contributed by atoms with van der Waals surface area (Å²) in [6.07, 6.45) is 2.15. The molecule has 1 fully saturated rings. The van der Waals surface area contributed by atoms with Crippen molar-refractivity contribution in [2.45, 2.75) is 51.8 Å². The molecule has 2 rings (SSSR count). The van der Waals surface area contributed by atoms with Crippen LogP contribution in [-0.4, -0.2) is 32.3 Å². The second-order valence-corrected chi connectivity index (χ2v) is 5.90. The molecule has 1 heterocycles. The largest absolute Gasteiger partial charge is 0.376 e. The van der Waals surface area contributed by atoms with Crippen molar-refractivity contribution in [1.82, 2.24) is 5.32 Å². The second kappa shape index (κ2) is 7.23. The number of likely N-dealkylation sites (N-methyl/N-ethyl adjacent to an activating group) is 1. The van der Waals surface area contributed by atoms with Crippen LogP contribution in [0.1, 0.15) is 45.2 Å². The van der Waals surface area contributed by atoms with Gasteiger partial charge in [-0.3, -0.25) is 0 Å². The van der Waals surface area contributed by atoms with Gasteiger partial charge in [-0.25, -0.2) is 4.39 Å². The normalized spacial score (nSPS) is 23.3. The van der Waals surface area contributed by atoms with E-state index in [1.165, 1.54) is 0 Å². The van der Waals surface area contributed by atoms with E-state index in [4.69, 9.17) is 4.74 Å². The third-order valence-electron chi connectivity index (χ3n) is 4.37. The fourth-order valence-electron chi connectivity index (χ4n) is 3.12. The van der Waals surface area contributed by atoms with Gasteiger partial charge >= 0.3 is 0 Å². The fraction of sp³-hybridized carbons (Fsp3) is 0.647. The number of ether oxygens (including phenoxy) is 1. The lowest BCUT2D eigenvalue weighted by Gasteiger charge is -2.32. The lowest BCUT2D eigenvalue weighted by molar-refractivity contribution is 0.118. The molecule has 0 radical (unpaired) electrons. The minimum Gasteiger partial charge on any atom is -0.376 e. The van der Waals surface area contributed by atoms with Crippen molar-refractivity contribution >= 4 is 5.69 Å². The maximum Gasteiger partial charge on any atom is 0.146 e. The monoisotopic (exact) mass is 294 g/mol. The number of halogens is 1. The Morgan fingerprint density at radius 1 is 1.48 bits per heavy atom. The molecular formula is C17H27FN2O. The summed E-state index contributed by atoms with van der Waals surface area (Å²) >= 11 is 0. The molecule has 1 aromatic rings. The highest BCUT2D eigenvalue weighted by Gasteiger charge is 2.31. The lowest BCUT2D eigenvalue weighted by Crippen LogP contribution is -2.38. The van der Waals surface area contributed by atoms with Gasteiger partial charge in [-0.2, -0.15) is 0 Å². The van der Waals surface area contributed by atoms with Crippen LogP contribution < -0.4 is 10.2 Å². The van der Waals surface area contributed by atoms with Crippen molar-refractivity contribution in [2.24, 2.45) is 0 Å². The molecule has 0 aromatic heterocycles. The molecule has 1 N–H and O–H groups in total. The summed E-state index contributed by atoms with van der Waals surface area (Å²) in [6.45, 7) is 7.98. The smallest absolute Gasteiger partial charge is 0.146 e. The molecule has 1 aromatic carbocycles. The van der Waals surface area contributed by atoms with E-state index in [0.29, 0.717) is 5.69 Å². The van der Waals surface area contributed by atoms with Gasteiger partial charge in [-0.1, -0.05) is 19.1 Å². The standard InChI is InChI=1S/C17H27FN2O/c1-5-10-19-12(2)14-7-6-8-15(18)17(14)20(4)16-9-11-21-13(16)3/h6-8,12-13,16,19H,5,9-11H2,1-4H3. The zero-order valence-corrected chi connectivity index (χ0v) is 13.5. The minimum absolute atomic E-state index is 0.135. The van der Waals surface area contributed by atoms with Crippen LogP contribution in [0.15, 0.2) is 18.2 Å². The van der Waals surface area contributed by atoms with Gasteiger partial charge in [0.15, 0.2) is 0 Å².